The fourth-order valence-corrected chi connectivity index (χ4v) is 1.96. The summed E-state index contributed by atoms with van der Waals surface area (Å²) in [5, 5.41) is 19.9. The zero-order valence-corrected chi connectivity index (χ0v) is 11.9. The van der Waals surface area contributed by atoms with Crippen LogP contribution in [0.15, 0.2) is 18.2 Å². The molecule has 0 aliphatic carbocycles. The zero-order chi connectivity index (χ0) is 16.4. The van der Waals surface area contributed by atoms with Gasteiger partial charge in [0.25, 0.3) is 5.69 Å². The molecule has 0 saturated carbocycles. The molecule has 8 heteroatoms. The quantitative estimate of drug-likeness (QED) is 0.671. The molecule has 0 radical (unpaired) electrons. The van der Waals surface area contributed by atoms with Crippen molar-refractivity contribution in [1.82, 2.24) is 4.90 Å². The summed E-state index contributed by atoms with van der Waals surface area (Å²) in [5.41, 5.74) is 1.18. The van der Waals surface area contributed by atoms with E-state index in [0.29, 0.717) is 5.56 Å². The van der Waals surface area contributed by atoms with E-state index >= 15 is 0 Å². The molecule has 0 amide bonds. The van der Waals surface area contributed by atoms with Crippen molar-refractivity contribution in [3.05, 3.63) is 39.4 Å². The molecule has 0 heterocycles. The molecule has 0 spiro atoms. The number of likely N-dealkylation sites (N-methyl/N-ethyl adjacent to an activating group) is 1. The van der Waals surface area contributed by atoms with Crippen molar-refractivity contribution in [3.8, 4) is 0 Å². The van der Waals surface area contributed by atoms with Crippen molar-refractivity contribution in [2.45, 2.75) is 32.2 Å². The van der Waals surface area contributed by atoms with E-state index in [9.17, 15) is 23.3 Å². The van der Waals surface area contributed by atoms with Crippen molar-refractivity contribution in [2.24, 2.45) is 0 Å². The summed E-state index contributed by atoms with van der Waals surface area (Å²) in [6, 6.07) is 3.74. The van der Waals surface area contributed by atoms with Crippen LogP contribution in [-0.4, -0.2) is 40.8 Å². The standard InChI is InChI=1S/C13H17F3N2O3/c1-8-4-5-10(18(20)21)6-11(8)9(2)17(3)7-12(19)13(14,15)16/h4-6,9,12,19H,7H2,1-3H3. The lowest BCUT2D eigenvalue weighted by molar-refractivity contribution is -0.385. The summed E-state index contributed by atoms with van der Waals surface area (Å²) >= 11 is 0. The highest BCUT2D eigenvalue weighted by Crippen LogP contribution is 2.28. The number of hydrogen-bond donors (Lipinski definition) is 1. The Morgan fingerprint density at radius 2 is 2.00 bits per heavy atom. The number of nitro benzene ring substituents is 1. The van der Waals surface area contributed by atoms with Crippen molar-refractivity contribution in [1.29, 1.82) is 0 Å². The Labute approximate surface area is 120 Å². The monoisotopic (exact) mass is 306 g/mol. The predicted molar refractivity (Wildman–Crippen MR) is 70.9 cm³/mol. The van der Waals surface area contributed by atoms with Crippen LogP contribution in [0.1, 0.15) is 24.1 Å². The minimum absolute atomic E-state index is 0.118. The molecule has 1 N–H and O–H groups in total. The minimum atomic E-state index is -4.69. The van der Waals surface area contributed by atoms with E-state index < -0.39 is 29.8 Å². The smallest absolute Gasteiger partial charge is 0.382 e. The van der Waals surface area contributed by atoms with Crippen LogP contribution in [-0.2, 0) is 0 Å². The molecular weight excluding hydrogens is 289 g/mol. The van der Waals surface area contributed by atoms with E-state index in [4.69, 9.17) is 5.11 Å². The summed E-state index contributed by atoms with van der Waals surface area (Å²) in [5.74, 6) is 0. The zero-order valence-electron chi connectivity index (χ0n) is 11.9. The molecule has 0 fully saturated rings. The predicted octanol–water partition coefficient (Wildman–Crippen LogP) is 2.82. The van der Waals surface area contributed by atoms with Crippen molar-refractivity contribution in [3.63, 3.8) is 0 Å². The number of nitro groups is 1. The van der Waals surface area contributed by atoms with Gasteiger partial charge in [-0.15, -0.1) is 0 Å². The van der Waals surface area contributed by atoms with Crippen LogP contribution in [0.4, 0.5) is 18.9 Å². The van der Waals surface area contributed by atoms with E-state index in [1.807, 2.05) is 0 Å². The number of non-ortho nitro benzene ring substituents is 1. The molecule has 118 valence electrons. The summed E-state index contributed by atoms with van der Waals surface area (Å²) in [6.07, 6.45) is -7.14. The second-order valence-electron chi connectivity index (χ2n) is 4.97. The van der Waals surface area contributed by atoms with Crippen LogP contribution >= 0.6 is 0 Å². The molecule has 1 aromatic rings. The molecule has 0 saturated heterocycles. The Balaban J connectivity index is 2.94. The molecular formula is C13H17F3N2O3. The normalized spacial score (nSPS) is 15.0. The first-order chi connectivity index (χ1) is 9.54. The number of aliphatic hydroxyl groups is 1. The van der Waals surface area contributed by atoms with E-state index in [0.717, 1.165) is 5.56 Å². The number of aliphatic hydroxyl groups excluding tert-OH is 1. The lowest BCUT2D eigenvalue weighted by Gasteiger charge is -2.28. The number of nitrogens with zero attached hydrogens (tertiary/aromatic N) is 2. The fraction of sp³-hybridized carbons (Fsp3) is 0.538. The van der Waals surface area contributed by atoms with Crippen LogP contribution in [0.3, 0.4) is 0 Å². The molecule has 1 aromatic carbocycles. The van der Waals surface area contributed by atoms with Gasteiger partial charge in [-0.25, -0.2) is 0 Å². The lowest BCUT2D eigenvalue weighted by atomic mass is 10.0. The number of hydrogen-bond acceptors (Lipinski definition) is 4. The van der Waals surface area contributed by atoms with Crippen molar-refractivity contribution < 1.29 is 23.2 Å². The highest BCUT2D eigenvalue weighted by atomic mass is 19.4. The number of halogens is 3. The summed E-state index contributed by atoms with van der Waals surface area (Å²) in [7, 11) is 1.43. The van der Waals surface area contributed by atoms with Crippen LogP contribution in [0, 0.1) is 17.0 Å². The molecule has 0 aromatic heterocycles. The SMILES string of the molecule is Cc1ccc([N+](=O)[O-])cc1C(C)N(C)CC(O)C(F)(F)F. The first kappa shape index (κ1) is 17.4. The first-order valence-corrected chi connectivity index (χ1v) is 6.24. The Morgan fingerprint density at radius 3 is 2.48 bits per heavy atom. The van der Waals surface area contributed by atoms with Crippen LogP contribution in [0.2, 0.25) is 0 Å². The van der Waals surface area contributed by atoms with Crippen LogP contribution in [0.25, 0.3) is 0 Å². The summed E-state index contributed by atoms with van der Waals surface area (Å²) < 4.78 is 37.1. The van der Waals surface area contributed by atoms with Gasteiger partial charge >= 0.3 is 6.18 Å². The number of aryl methyl sites for hydroxylation is 1. The number of benzene rings is 1. The molecule has 2 unspecified atom stereocenters. The van der Waals surface area contributed by atoms with Gasteiger partial charge in [0.05, 0.1) is 4.92 Å². The molecule has 1 rings (SSSR count). The van der Waals surface area contributed by atoms with E-state index in [1.165, 1.54) is 24.1 Å². The second-order valence-corrected chi connectivity index (χ2v) is 4.97. The van der Waals surface area contributed by atoms with Crippen LogP contribution in [0.5, 0.6) is 0 Å². The molecule has 0 aliphatic heterocycles. The van der Waals surface area contributed by atoms with Crippen molar-refractivity contribution in [2.75, 3.05) is 13.6 Å². The van der Waals surface area contributed by atoms with Gasteiger partial charge in [0.1, 0.15) is 0 Å². The molecule has 0 aliphatic rings. The van der Waals surface area contributed by atoms with Gasteiger partial charge in [-0.3, -0.25) is 15.0 Å². The Kier molecular flexibility index (Phi) is 5.30. The van der Waals surface area contributed by atoms with Gasteiger partial charge in [0.15, 0.2) is 6.10 Å². The van der Waals surface area contributed by atoms with Gasteiger partial charge in [-0.1, -0.05) is 6.07 Å². The van der Waals surface area contributed by atoms with E-state index in [2.05, 4.69) is 0 Å². The maximum Gasteiger partial charge on any atom is 0.415 e. The average molecular weight is 306 g/mol. The third-order valence-corrected chi connectivity index (χ3v) is 3.42. The average Bonchev–Trinajstić information content (AvgIpc) is 2.36. The van der Waals surface area contributed by atoms with Crippen molar-refractivity contribution >= 4 is 5.69 Å². The third kappa shape index (κ3) is 4.40. The highest BCUT2D eigenvalue weighted by molar-refractivity contribution is 5.40. The maximum absolute atomic E-state index is 12.4. The largest absolute Gasteiger partial charge is 0.415 e. The summed E-state index contributed by atoms with van der Waals surface area (Å²) in [6.45, 7) is 2.76. The van der Waals surface area contributed by atoms with E-state index in [-0.39, 0.29) is 5.69 Å². The Bertz CT molecular complexity index is 520. The number of alkyl halides is 3. The Morgan fingerprint density at radius 1 is 1.43 bits per heavy atom. The van der Waals surface area contributed by atoms with Gasteiger partial charge < -0.3 is 5.11 Å². The first-order valence-electron chi connectivity index (χ1n) is 6.24. The third-order valence-electron chi connectivity index (χ3n) is 3.42. The van der Waals surface area contributed by atoms with E-state index in [1.54, 1.807) is 19.9 Å². The molecule has 21 heavy (non-hydrogen) atoms. The van der Waals surface area contributed by atoms with Gasteiger partial charge in [0, 0.05) is 24.7 Å². The number of rotatable bonds is 5. The van der Waals surface area contributed by atoms with Gasteiger partial charge in [-0.05, 0) is 32.0 Å². The van der Waals surface area contributed by atoms with Gasteiger partial charge in [0.2, 0.25) is 0 Å². The topological polar surface area (TPSA) is 66.6 Å². The van der Waals surface area contributed by atoms with Crippen LogP contribution < -0.4 is 0 Å². The lowest BCUT2D eigenvalue weighted by Crippen LogP contribution is -2.40. The Hall–Kier alpha value is -1.67. The highest BCUT2D eigenvalue weighted by Gasteiger charge is 2.39. The van der Waals surface area contributed by atoms with Gasteiger partial charge in [-0.2, -0.15) is 13.2 Å². The molecule has 2 atom stereocenters. The fourth-order valence-electron chi connectivity index (χ4n) is 1.96. The summed E-state index contributed by atoms with van der Waals surface area (Å²) in [4.78, 5) is 11.5. The maximum atomic E-state index is 12.4. The minimum Gasteiger partial charge on any atom is -0.382 e. The molecule has 0 bridgehead atoms. The molecule has 5 nitrogen and oxygen atoms in total. The second kappa shape index (κ2) is 6.40.